The van der Waals surface area contributed by atoms with Crippen LogP contribution in [0.15, 0.2) is 56.5 Å². The predicted octanol–water partition coefficient (Wildman–Crippen LogP) is 7.49. The lowest BCUT2D eigenvalue weighted by Gasteiger charge is -2.14. The number of nitrogens with zero attached hydrogens (tertiary/aromatic N) is 1. The summed E-state index contributed by atoms with van der Waals surface area (Å²) >= 11 is 19.0. The minimum Gasteiger partial charge on any atom is -0.494 e. The van der Waals surface area contributed by atoms with Gasteiger partial charge >= 0.3 is 0 Å². The molecule has 0 spiro atoms. The highest BCUT2D eigenvalue weighted by molar-refractivity contribution is 9.11. The second-order valence-corrected chi connectivity index (χ2v) is 9.73. The van der Waals surface area contributed by atoms with Crippen molar-refractivity contribution in [3.8, 4) is 11.5 Å². The summed E-state index contributed by atoms with van der Waals surface area (Å²) < 4.78 is 12.6. The fourth-order valence-electron chi connectivity index (χ4n) is 3.19. The summed E-state index contributed by atoms with van der Waals surface area (Å²) in [6.45, 7) is 4.23. The molecule has 3 aromatic carbocycles. The topological polar surface area (TPSA) is 59.9 Å². The summed E-state index contributed by atoms with van der Waals surface area (Å²) in [5.74, 6) is 1.04. The molecule has 0 atom stereocenters. The molecule has 0 bridgehead atoms. The van der Waals surface area contributed by atoms with E-state index in [4.69, 9.17) is 32.7 Å². The van der Waals surface area contributed by atoms with Crippen molar-refractivity contribution in [3.63, 3.8) is 0 Å². The number of carbonyl (C=O) groups is 1. The van der Waals surface area contributed by atoms with Gasteiger partial charge in [-0.1, -0.05) is 29.3 Å². The summed E-state index contributed by atoms with van der Waals surface area (Å²) in [6.07, 6.45) is 1.59. The van der Waals surface area contributed by atoms with Gasteiger partial charge in [0.15, 0.2) is 0 Å². The summed E-state index contributed by atoms with van der Waals surface area (Å²) in [7, 11) is 1.56. The third-order valence-electron chi connectivity index (χ3n) is 4.71. The van der Waals surface area contributed by atoms with Gasteiger partial charge in [0.05, 0.1) is 22.3 Å². The number of nitrogens with one attached hydrogen (secondary N) is 1. The Morgan fingerprint density at radius 2 is 1.67 bits per heavy atom. The van der Waals surface area contributed by atoms with Crippen molar-refractivity contribution in [3.05, 3.63) is 89.3 Å². The number of amides is 1. The first-order chi connectivity index (χ1) is 15.7. The van der Waals surface area contributed by atoms with Crippen LogP contribution in [0.5, 0.6) is 11.5 Å². The Balaban J connectivity index is 1.67. The van der Waals surface area contributed by atoms with Crippen LogP contribution >= 0.6 is 55.1 Å². The number of benzene rings is 3. The SMILES string of the molecule is COc1c(Br)cc(C(=O)N/N=C\c2cc(C)c(OCc3ccc(Cl)cc3Cl)c(C)c2)cc1Br. The molecule has 0 aliphatic heterocycles. The average molecular weight is 615 g/mol. The van der Waals surface area contributed by atoms with Gasteiger partial charge in [0.1, 0.15) is 18.1 Å². The standard InChI is InChI=1S/C24H20Br2Cl2N2O3/c1-13-6-15(7-14(2)22(13)33-12-16-4-5-18(27)10-21(16)28)11-29-30-24(31)17-8-19(25)23(32-3)20(26)9-17/h4-11H,12H2,1-3H3,(H,30,31)/b29-11-. The van der Waals surface area contributed by atoms with Gasteiger partial charge in [0.2, 0.25) is 0 Å². The van der Waals surface area contributed by atoms with Crippen molar-refractivity contribution < 1.29 is 14.3 Å². The highest BCUT2D eigenvalue weighted by atomic mass is 79.9. The third-order valence-corrected chi connectivity index (χ3v) is 6.48. The number of hydrogen-bond acceptors (Lipinski definition) is 4. The third kappa shape index (κ3) is 6.51. The minimum atomic E-state index is -0.344. The van der Waals surface area contributed by atoms with Gasteiger partial charge in [0, 0.05) is 21.2 Å². The summed E-state index contributed by atoms with van der Waals surface area (Å²) in [5, 5.41) is 5.23. The van der Waals surface area contributed by atoms with Crippen LogP contribution in [0.1, 0.15) is 32.6 Å². The van der Waals surface area contributed by atoms with Gasteiger partial charge in [-0.05, 0) is 98.8 Å². The molecule has 3 aromatic rings. The lowest BCUT2D eigenvalue weighted by atomic mass is 10.1. The molecule has 0 aliphatic rings. The first-order valence-corrected chi connectivity index (χ1v) is 12.1. The Bertz CT molecular complexity index is 1190. The number of carbonyl (C=O) groups excluding carboxylic acids is 1. The highest BCUT2D eigenvalue weighted by Crippen LogP contribution is 2.34. The molecule has 5 nitrogen and oxygen atoms in total. The van der Waals surface area contributed by atoms with Gasteiger partial charge in [-0.2, -0.15) is 5.10 Å². The molecular weight excluding hydrogens is 595 g/mol. The Morgan fingerprint density at radius 1 is 1.03 bits per heavy atom. The second-order valence-electron chi connectivity index (χ2n) is 7.18. The maximum Gasteiger partial charge on any atom is 0.271 e. The predicted molar refractivity (Wildman–Crippen MR) is 140 cm³/mol. The quantitative estimate of drug-likeness (QED) is 0.222. The van der Waals surface area contributed by atoms with E-state index in [0.717, 1.165) is 28.0 Å². The van der Waals surface area contributed by atoms with Crippen LogP contribution in [0, 0.1) is 13.8 Å². The van der Waals surface area contributed by atoms with Crippen molar-refractivity contribution >= 4 is 67.2 Å². The largest absolute Gasteiger partial charge is 0.494 e. The maximum atomic E-state index is 12.4. The molecule has 3 rings (SSSR count). The molecule has 33 heavy (non-hydrogen) atoms. The van der Waals surface area contributed by atoms with Crippen LogP contribution in [0.3, 0.4) is 0 Å². The number of aryl methyl sites for hydroxylation is 2. The molecule has 0 saturated heterocycles. The van der Waals surface area contributed by atoms with Crippen LogP contribution < -0.4 is 14.9 Å². The van der Waals surface area contributed by atoms with Crippen LogP contribution in [0.2, 0.25) is 10.0 Å². The molecule has 0 radical (unpaired) electrons. The first kappa shape index (κ1) is 25.6. The van der Waals surface area contributed by atoms with E-state index in [0.29, 0.717) is 36.9 Å². The number of ether oxygens (including phenoxy) is 2. The number of hydrogen-bond donors (Lipinski definition) is 1. The fourth-order valence-corrected chi connectivity index (χ4v) is 5.16. The Labute approximate surface area is 219 Å². The van der Waals surface area contributed by atoms with Crippen LogP contribution in [-0.4, -0.2) is 19.2 Å². The van der Waals surface area contributed by atoms with Gasteiger partial charge in [0.25, 0.3) is 5.91 Å². The molecule has 0 unspecified atom stereocenters. The Kier molecular flexibility index (Phi) is 8.82. The van der Waals surface area contributed by atoms with Crippen molar-refractivity contribution in [1.29, 1.82) is 0 Å². The Morgan fingerprint density at radius 3 is 2.24 bits per heavy atom. The highest BCUT2D eigenvalue weighted by Gasteiger charge is 2.13. The fraction of sp³-hybridized carbons (Fsp3) is 0.167. The number of hydrazone groups is 1. The molecule has 0 fully saturated rings. The smallest absolute Gasteiger partial charge is 0.271 e. The van der Waals surface area contributed by atoms with Gasteiger partial charge in [-0.3, -0.25) is 4.79 Å². The summed E-state index contributed by atoms with van der Waals surface area (Å²) in [6, 6.07) is 12.5. The molecule has 0 aromatic heterocycles. The molecule has 9 heteroatoms. The van der Waals surface area contributed by atoms with Crippen LogP contribution in [0.25, 0.3) is 0 Å². The number of methoxy groups -OCH3 is 1. The zero-order chi connectivity index (χ0) is 24.1. The van der Waals surface area contributed by atoms with Crippen molar-refractivity contribution in [1.82, 2.24) is 5.43 Å². The van der Waals surface area contributed by atoms with E-state index in [2.05, 4.69) is 42.4 Å². The summed E-state index contributed by atoms with van der Waals surface area (Å²) in [5.41, 5.74) is 6.54. The van der Waals surface area contributed by atoms with E-state index in [1.807, 2.05) is 32.0 Å². The Hall–Kier alpha value is -2.06. The molecule has 172 valence electrons. The molecule has 0 aliphatic carbocycles. The first-order valence-electron chi connectivity index (χ1n) is 9.74. The van der Waals surface area contributed by atoms with E-state index in [1.54, 1.807) is 37.6 Å². The van der Waals surface area contributed by atoms with Crippen LogP contribution in [-0.2, 0) is 6.61 Å². The monoisotopic (exact) mass is 612 g/mol. The molecule has 1 N–H and O–H groups in total. The second kappa shape index (κ2) is 11.4. The van der Waals surface area contributed by atoms with E-state index in [-0.39, 0.29) is 5.91 Å². The number of halogens is 4. The van der Waals surface area contributed by atoms with Crippen molar-refractivity contribution in [2.75, 3.05) is 7.11 Å². The van der Waals surface area contributed by atoms with Gasteiger partial charge < -0.3 is 9.47 Å². The number of rotatable bonds is 7. The zero-order valence-corrected chi connectivity index (χ0v) is 22.7. The summed E-state index contributed by atoms with van der Waals surface area (Å²) in [4.78, 5) is 12.4. The van der Waals surface area contributed by atoms with Crippen molar-refractivity contribution in [2.24, 2.45) is 5.10 Å². The molecular formula is C24H20Br2Cl2N2O3. The van der Waals surface area contributed by atoms with Crippen molar-refractivity contribution in [2.45, 2.75) is 20.5 Å². The van der Waals surface area contributed by atoms with Gasteiger partial charge in [-0.15, -0.1) is 0 Å². The maximum absolute atomic E-state index is 12.4. The van der Waals surface area contributed by atoms with Gasteiger partial charge in [-0.25, -0.2) is 5.43 Å². The van der Waals surface area contributed by atoms with E-state index >= 15 is 0 Å². The normalized spacial score (nSPS) is 11.0. The lowest BCUT2D eigenvalue weighted by molar-refractivity contribution is 0.0955. The van der Waals surface area contributed by atoms with E-state index in [1.165, 1.54) is 0 Å². The van der Waals surface area contributed by atoms with Crippen LogP contribution in [0.4, 0.5) is 0 Å². The van der Waals surface area contributed by atoms with E-state index in [9.17, 15) is 4.79 Å². The molecule has 0 heterocycles. The minimum absolute atomic E-state index is 0.328. The van der Waals surface area contributed by atoms with E-state index < -0.39 is 0 Å². The molecule has 0 saturated carbocycles. The average Bonchev–Trinajstić information content (AvgIpc) is 2.74. The molecule has 1 amide bonds. The zero-order valence-electron chi connectivity index (χ0n) is 18.0. The lowest BCUT2D eigenvalue weighted by Crippen LogP contribution is -2.17.